The molecule has 0 aliphatic heterocycles. The standard InChI is InChI=1S/C16H30N2OS/c1-4-10-16(11-5-2,14(17)20)15(19)18-13-9-7-6-8-12(13)3/h12-13H,4-11H2,1-3H3,(H2,17,20)(H,18,19). The predicted molar refractivity (Wildman–Crippen MR) is 88.6 cm³/mol. The zero-order valence-corrected chi connectivity index (χ0v) is 14.0. The van der Waals surface area contributed by atoms with Crippen LogP contribution in [0.15, 0.2) is 0 Å². The molecule has 0 spiro atoms. The lowest BCUT2D eigenvalue weighted by Gasteiger charge is -2.36. The van der Waals surface area contributed by atoms with Gasteiger partial charge in [-0.2, -0.15) is 0 Å². The summed E-state index contributed by atoms with van der Waals surface area (Å²) in [7, 11) is 0. The highest BCUT2D eigenvalue weighted by Crippen LogP contribution is 2.32. The number of thiocarbonyl (C=S) groups is 1. The number of carbonyl (C=O) groups is 1. The van der Waals surface area contributed by atoms with Gasteiger partial charge in [0.1, 0.15) is 0 Å². The minimum atomic E-state index is -0.643. The van der Waals surface area contributed by atoms with Gasteiger partial charge in [0.05, 0.1) is 10.4 Å². The molecule has 116 valence electrons. The lowest BCUT2D eigenvalue weighted by molar-refractivity contribution is -0.129. The highest BCUT2D eigenvalue weighted by atomic mass is 32.1. The number of rotatable bonds is 7. The second-order valence-corrected chi connectivity index (χ2v) is 6.73. The smallest absolute Gasteiger partial charge is 0.233 e. The Morgan fingerprint density at radius 1 is 1.25 bits per heavy atom. The second kappa shape index (κ2) is 7.96. The molecule has 1 fully saturated rings. The van der Waals surface area contributed by atoms with Crippen LogP contribution in [-0.2, 0) is 4.79 Å². The highest BCUT2D eigenvalue weighted by Gasteiger charge is 2.41. The van der Waals surface area contributed by atoms with Crippen LogP contribution < -0.4 is 11.1 Å². The average molecular weight is 298 g/mol. The van der Waals surface area contributed by atoms with Crippen LogP contribution in [0.5, 0.6) is 0 Å². The Bertz CT molecular complexity index is 337. The average Bonchev–Trinajstić information content (AvgIpc) is 2.40. The van der Waals surface area contributed by atoms with Gasteiger partial charge in [-0.15, -0.1) is 0 Å². The number of hydrogen-bond donors (Lipinski definition) is 2. The highest BCUT2D eigenvalue weighted by molar-refractivity contribution is 7.80. The van der Waals surface area contributed by atoms with Crippen molar-refractivity contribution in [1.82, 2.24) is 5.32 Å². The van der Waals surface area contributed by atoms with E-state index in [1.165, 1.54) is 19.3 Å². The lowest BCUT2D eigenvalue weighted by Crippen LogP contribution is -2.53. The first kappa shape index (κ1) is 17.4. The molecule has 4 heteroatoms. The summed E-state index contributed by atoms with van der Waals surface area (Å²) >= 11 is 5.25. The van der Waals surface area contributed by atoms with E-state index in [1.807, 2.05) is 0 Å². The Balaban J connectivity index is 2.83. The summed E-state index contributed by atoms with van der Waals surface area (Å²) in [6, 6.07) is 0.290. The molecule has 0 bridgehead atoms. The monoisotopic (exact) mass is 298 g/mol. The Labute approximate surface area is 129 Å². The maximum atomic E-state index is 12.8. The summed E-state index contributed by atoms with van der Waals surface area (Å²) in [4.78, 5) is 13.2. The van der Waals surface area contributed by atoms with E-state index in [-0.39, 0.29) is 5.91 Å². The van der Waals surface area contributed by atoms with Crippen molar-refractivity contribution in [3.8, 4) is 0 Å². The van der Waals surface area contributed by atoms with Crippen molar-refractivity contribution < 1.29 is 4.79 Å². The van der Waals surface area contributed by atoms with Crippen molar-refractivity contribution in [3.63, 3.8) is 0 Å². The van der Waals surface area contributed by atoms with Crippen molar-refractivity contribution >= 4 is 23.1 Å². The van der Waals surface area contributed by atoms with Crippen LogP contribution in [-0.4, -0.2) is 16.9 Å². The van der Waals surface area contributed by atoms with Crippen LogP contribution in [0.3, 0.4) is 0 Å². The molecule has 0 heterocycles. The van der Waals surface area contributed by atoms with E-state index in [1.54, 1.807) is 0 Å². The van der Waals surface area contributed by atoms with Gasteiger partial charge < -0.3 is 11.1 Å². The second-order valence-electron chi connectivity index (χ2n) is 6.29. The third-order valence-corrected chi connectivity index (χ3v) is 5.08. The topological polar surface area (TPSA) is 55.1 Å². The van der Waals surface area contributed by atoms with E-state index >= 15 is 0 Å². The Morgan fingerprint density at radius 2 is 1.80 bits per heavy atom. The predicted octanol–water partition coefficient (Wildman–Crippen LogP) is 3.55. The lowest BCUT2D eigenvalue weighted by atomic mass is 9.77. The third-order valence-electron chi connectivity index (χ3n) is 4.69. The Hall–Kier alpha value is -0.640. The molecule has 1 rings (SSSR count). The van der Waals surface area contributed by atoms with E-state index in [0.29, 0.717) is 16.9 Å². The largest absolute Gasteiger partial charge is 0.392 e. The van der Waals surface area contributed by atoms with E-state index in [4.69, 9.17) is 18.0 Å². The van der Waals surface area contributed by atoms with Crippen molar-refractivity contribution in [1.29, 1.82) is 0 Å². The van der Waals surface area contributed by atoms with Crippen LogP contribution in [0.1, 0.15) is 72.1 Å². The van der Waals surface area contributed by atoms with Gasteiger partial charge in [-0.05, 0) is 31.6 Å². The molecule has 0 aromatic carbocycles. The third kappa shape index (κ3) is 3.94. The molecule has 3 N–H and O–H groups in total. The first-order chi connectivity index (χ1) is 9.47. The fourth-order valence-corrected chi connectivity index (χ4v) is 3.70. The minimum absolute atomic E-state index is 0.0625. The molecule has 1 aliphatic rings. The molecular formula is C16H30N2OS. The van der Waals surface area contributed by atoms with Crippen molar-refractivity contribution in [2.75, 3.05) is 0 Å². The molecule has 2 unspecified atom stereocenters. The van der Waals surface area contributed by atoms with Gasteiger partial charge in [0.25, 0.3) is 0 Å². The molecule has 1 saturated carbocycles. The minimum Gasteiger partial charge on any atom is -0.392 e. The number of carbonyl (C=O) groups excluding carboxylic acids is 1. The van der Waals surface area contributed by atoms with Crippen LogP contribution in [0.2, 0.25) is 0 Å². The van der Waals surface area contributed by atoms with E-state index < -0.39 is 5.41 Å². The first-order valence-corrected chi connectivity index (χ1v) is 8.49. The molecule has 1 amide bonds. The normalized spacial score (nSPS) is 23.4. The van der Waals surface area contributed by atoms with Crippen molar-refractivity contribution in [3.05, 3.63) is 0 Å². The molecule has 3 nitrogen and oxygen atoms in total. The van der Waals surface area contributed by atoms with Gasteiger partial charge in [-0.3, -0.25) is 4.79 Å². The quantitative estimate of drug-likeness (QED) is 0.707. The first-order valence-electron chi connectivity index (χ1n) is 8.08. The Kier molecular flexibility index (Phi) is 6.93. The van der Waals surface area contributed by atoms with Crippen LogP contribution >= 0.6 is 12.2 Å². The van der Waals surface area contributed by atoms with Gasteiger partial charge in [0.2, 0.25) is 5.91 Å². The molecule has 0 saturated heterocycles. The maximum Gasteiger partial charge on any atom is 0.233 e. The van der Waals surface area contributed by atoms with Gasteiger partial charge in [0.15, 0.2) is 0 Å². The van der Waals surface area contributed by atoms with Crippen LogP contribution in [0.4, 0.5) is 0 Å². The molecule has 1 aliphatic carbocycles. The molecule has 0 aromatic heterocycles. The van der Waals surface area contributed by atoms with Crippen LogP contribution in [0.25, 0.3) is 0 Å². The van der Waals surface area contributed by atoms with Crippen LogP contribution in [0, 0.1) is 11.3 Å². The summed E-state index contributed by atoms with van der Waals surface area (Å²) in [5.74, 6) is 0.618. The number of nitrogens with one attached hydrogen (secondary N) is 1. The van der Waals surface area contributed by atoms with Gasteiger partial charge in [-0.1, -0.05) is 58.7 Å². The number of amides is 1. The SMILES string of the molecule is CCCC(CCC)(C(=O)NC1CCCCC1C)C(N)=S. The summed E-state index contributed by atoms with van der Waals surface area (Å²) in [5, 5.41) is 3.25. The summed E-state index contributed by atoms with van der Waals surface area (Å²) in [6.45, 7) is 6.39. The molecule has 0 radical (unpaired) electrons. The van der Waals surface area contributed by atoms with E-state index in [0.717, 1.165) is 32.1 Å². The molecule has 0 aromatic rings. The zero-order valence-electron chi connectivity index (χ0n) is 13.2. The summed E-state index contributed by atoms with van der Waals surface area (Å²) in [5.41, 5.74) is 5.31. The van der Waals surface area contributed by atoms with Crippen molar-refractivity contribution in [2.45, 2.75) is 78.2 Å². The fraction of sp³-hybridized carbons (Fsp3) is 0.875. The van der Waals surface area contributed by atoms with E-state index in [2.05, 4.69) is 26.1 Å². The zero-order chi connectivity index (χ0) is 15.2. The van der Waals surface area contributed by atoms with Crippen molar-refractivity contribution in [2.24, 2.45) is 17.1 Å². The molecule has 2 atom stereocenters. The molecular weight excluding hydrogens is 268 g/mol. The number of nitrogens with two attached hydrogens (primary N) is 1. The Morgan fingerprint density at radius 3 is 2.25 bits per heavy atom. The fourth-order valence-electron chi connectivity index (χ4n) is 3.40. The number of hydrogen-bond acceptors (Lipinski definition) is 2. The van der Waals surface area contributed by atoms with Gasteiger partial charge in [0, 0.05) is 6.04 Å². The van der Waals surface area contributed by atoms with Gasteiger partial charge in [-0.25, -0.2) is 0 Å². The summed E-state index contributed by atoms with van der Waals surface area (Å²) < 4.78 is 0. The molecule has 20 heavy (non-hydrogen) atoms. The summed E-state index contributed by atoms with van der Waals surface area (Å²) in [6.07, 6.45) is 8.11. The van der Waals surface area contributed by atoms with Gasteiger partial charge >= 0.3 is 0 Å². The van der Waals surface area contributed by atoms with E-state index in [9.17, 15) is 4.79 Å². The maximum absolute atomic E-state index is 12.8.